The van der Waals surface area contributed by atoms with Crippen LogP contribution >= 0.6 is 0 Å². The molecule has 0 unspecified atom stereocenters. The highest BCUT2D eigenvalue weighted by Gasteiger charge is 2.61. The fourth-order valence-corrected chi connectivity index (χ4v) is 4.33. The van der Waals surface area contributed by atoms with E-state index in [0.29, 0.717) is 19.0 Å². The minimum atomic E-state index is -0.717. The molecule has 3 aliphatic rings. The molecule has 1 heterocycles. The van der Waals surface area contributed by atoms with Gasteiger partial charge in [-0.25, -0.2) is 4.79 Å². The summed E-state index contributed by atoms with van der Waals surface area (Å²) in [5.41, 5.74) is 1.33. The van der Waals surface area contributed by atoms with Gasteiger partial charge in [0.1, 0.15) is 5.60 Å². The van der Waals surface area contributed by atoms with Gasteiger partial charge in [-0.2, -0.15) is 0 Å². The molecule has 0 aromatic heterocycles. The van der Waals surface area contributed by atoms with Gasteiger partial charge in [-0.3, -0.25) is 0 Å². The molecule has 1 aliphatic heterocycles. The van der Waals surface area contributed by atoms with E-state index in [1.54, 1.807) is 4.90 Å². The molecule has 1 aromatic rings. The smallest absolute Gasteiger partial charge is 0.410 e. The van der Waals surface area contributed by atoms with Gasteiger partial charge in [-0.05, 0) is 63.5 Å². The quantitative estimate of drug-likeness (QED) is 0.898. The van der Waals surface area contributed by atoms with Crippen molar-refractivity contribution in [3.05, 3.63) is 35.4 Å². The summed E-state index contributed by atoms with van der Waals surface area (Å²) in [5.74, 6) is 0.703. The molecule has 4 nitrogen and oxygen atoms in total. The lowest BCUT2D eigenvalue weighted by Crippen LogP contribution is -2.68. The van der Waals surface area contributed by atoms with E-state index in [2.05, 4.69) is 18.2 Å². The minimum absolute atomic E-state index is 0.0846. The van der Waals surface area contributed by atoms with Gasteiger partial charge in [0, 0.05) is 18.5 Å². The van der Waals surface area contributed by atoms with Crippen LogP contribution in [0.1, 0.15) is 63.5 Å². The summed E-state index contributed by atoms with van der Waals surface area (Å²) in [5, 5.41) is 11.0. The first-order valence-corrected chi connectivity index (χ1v) is 8.99. The van der Waals surface area contributed by atoms with E-state index in [1.807, 2.05) is 26.8 Å². The molecular formula is C20H27NO3. The maximum absolute atomic E-state index is 12.1. The van der Waals surface area contributed by atoms with Crippen molar-refractivity contribution in [2.24, 2.45) is 5.41 Å². The molecule has 1 amide bonds. The summed E-state index contributed by atoms with van der Waals surface area (Å²) in [4.78, 5) is 13.8. The minimum Gasteiger partial charge on any atom is -0.444 e. The molecule has 0 radical (unpaired) electrons. The Hall–Kier alpha value is -1.55. The number of benzene rings is 1. The van der Waals surface area contributed by atoms with Gasteiger partial charge < -0.3 is 14.7 Å². The van der Waals surface area contributed by atoms with Crippen LogP contribution in [0.15, 0.2) is 24.3 Å². The molecular weight excluding hydrogens is 302 g/mol. The van der Waals surface area contributed by atoms with Crippen molar-refractivity contribution in [2.75, 3.05) is 13.1 Å². The molecule has 1 aromatic carbocycles. The van der Waals surface area contributed by atoms with Crippen molar-refractivity contribution in [2.45, 2.75) is 63.6 Å². The molecule has 1 spiro atoms. The number of likely N-dealkylation sites (tertiary alicyclic amines) is 1. The first kappa shape index (κ1) is 15.9. The lowest BCUT2D eigenvalue weighted by molar-refractivity contribution is -0.190. The van der Waals surface area contributed by atoms with Gasteiger partial charge in [0.25, 0.3) is 0 Å². The van der Waals surface area contributed by atoms with Crippen molar-refractivity contribution in [1.29, 1.82) is 0 Å². The summed E-state index contributed by atoms with van der Waals surface area (Å²) < 4.78 is 5.41. The van der Waals surface area contributed by atoms with Crippen molar-refractivity contribution < 1.29 is 14.6 Å². The normalized spacial score (nSPS) is 24.2. The SMILES string of the molecule is CC(C)(C)OC(=O)N1CC2(C1)CC(O)(c1cccc(C3CC3)c1)C2. The van der Waals surface area contributed by atoms with Gasteiger partial charge in [0.15, 0.2) is 0 Å². The highest BCUT2D eigenvalue weighted by atomic mass is 16.6. The molecule has 0 atom stereocenters. The van der Waals surface area contributed by atoms with Crippen molar-refractivity contribution in [1.82, 2.24) is 4.90 Å². The monoisotopic (exact) mass is 329 g/mol. The van der Waals surface area contributed by atoms with E-state index in [-0.39, 0.29) is 11.5 Å². The van der Waals surface area contributed by atoms with Crippen LogP contribution in [0.2, 0.25) is 0 Å². The van der Waals surface area contributed by atoms with E-state index >= 15 is 0 Å². The van der Waals surface area contributed by atoms with Gasteiger partial charge >= 0.3 is 6.09 Å². The summed E-state index contributed by atoms with van der Waals surface area (Å²) in [6, 6.07) is 8.48. The second-order valence-corrected chi connectivity index (χ2v) is 9.12. The van der Waals surface area contributed by atoms with Crippen LogP contribution in [0, 0.1) is 5.41 Å². The maximum Gasteiger partial charge on any atom is 0.410 e. The first-order valence-electron chi connectivity index (χ1n) is 8.99. The zero-order chi connectivity index (χ0) is 17.2. The predicted molar refractivity (Wildman–Crippen MR) is 91.8 cm³/mol. The van der Waals surface area contributed by atoms with Crippen LogP contribution in [0.5, 0.6) is 0 Å². The number of hydrogen-bond acceptors (Lipinski definition) is 3. The van der Waals surface area contributed by atoms with E-state index in [0.717, 1.165) is 18.4 Å². The first-order chi connectivity index (χ1) is 11.2. The Morgan fingerprint density at radius 3 is 2.50 bits per heavy atom. The predicted octanol–water partition coefficient (Wildman–Crippen LogP) is 3.78. The van der Waals surface area contributed by atoms with Crippen molar-refractivity contribution in [3.8, 4) is 0 Å². The van der Waals surface area contributed by atoms with Crippen LogP contribution in [-0.2, 0) is 10.3 Å². The lowest BCUT2D eigenvalue weighted by Gasteiger charge is -2.62. The summed E-state index contributed by atoms with van der Waals surface area (Å²) in [6.45, 7) is 7.05. The van der Waals surface area contributed by atoms with Crippen LogP contribution in [0.25, 0.3) is 0 Å². The number of carbonyl (C=O) groups excluding carboxylic acids is 1. The third-order valence-corrected chi connectivity index (χ3v) is 5.51. The maximum atomic E-state index is 12.1. The summed E-state index contributed by atoms with van der Waals surface area (Å²) in [6.07, 6.45) is 3.80. The summed E-state index contributed by atoms with van der Waals surface area (Å²) in [7, 11) is 0. The van der Waals surface area contributed by atoms with Crippen molar-refractivity contribution >= 4 is 6.09 Å². The van der Waals surface area contributed by atoms with Crippen LogP contribution < -0.4 is 0 Å². The number of amides is 1. The largest absolute Gasteiger partial charge is 0.444 e. The Morgan fingerprint density at radius 1 is 1.25 bits per heavy atom. The molecule has 130 valence electrons. The fourth-order valence-electron chi connectivity index (χ4n) is 4.33. The molecule has 1 saturated heterocycles. The second-order valence-electron chi connectivity index (χ2n) is 9.12. The third kappa shape index (κ3) is 2.81. The molecule has 4 rings (SSSR count). The number of ether oxygens (including phenoxy) is 1. The average molecular weight is 329 g/mol. The molecule has 3 fully saturated rings. The van der Waals surface area contributed by atoms with Gasteiger partial charge in [0.05, 0.1) is 5.60 Å². The van der Waals surface area contributed by atoms with E-state index in [1.165, 1.54) is 18.4 Å². The van der Waals surface area contributed by atoms with E-state index in [4.69, 9.17) is 4.74 Å². The zero-order valence-electron chi connectivity index (χ0n) is 14.8. The summed E-state index contributed by atoms with van der Waals surface area (Å²) >= 11 is 0. The fraction of sp³-hybridized carbons (Fsp3) is 0.650. The number of nitrogens with zero attached hydrogens (tertiary/aromatic N) is 1. The standard InChI is InChI=1S/C20H27NO3/c1-18(2,3)24-17(22)21-12-19(13-21)10-20(23,11-19)16-6-4-5-15(9-16)14-7-8-14/h4-6,9,14,23H,7-8,10-13H2,1-3H3. The Bertz CT molecular complexity index is 658. The Labute approximate surface area is 143 Å². The van der Waals surface area contributed by atoms with Crippen LogP contribution in [-0.4, -0.2) is 34.8 Å². The van der Waals surface area contributed by atoms with E-state index in [9.17, 15) is 9.90 Å². The van der Waals surface area contributed by atoms with Crippen molar-refractivity contribution in [3.63, 3.8) is 0 Å². The topological polar surface area (TPSA) is 49.8 Å². The van der Waals surface area contributed by atoms with Gasteiger partial charge in [-0.15, -0.1) is 0 Å². The number of carbonyl (C=O) groups is 1. The second kappa shape index (κ2) is 4.98. The number of hydrogen-bond donors (Lipinski definition) is 1. The van der Waals surface area contributed by atoms with Gasteiger partial charge in [-0.1, -0.05) is 24.3 Å². The van der Waals surface area contributed by atoms with Gasteiger partial charge in [0.2, 0.25) is 0 Å². The molecule has 1 N–H and O–H groups in total. The third-order valence-electron chi connectivity index (χ3n) is 5.51. The highest BCUT2D eigenvalue weighted by molar-refractivity contribution is 5.69. The number of aliphatic hydroxyl groups is 1. The highest BCUT2D eigenvalue weighted by Crippen LogP contribution is 2.59. The molecule has 24 heavy (non-hydrogen) atoms. The van der Waals surface area contributed by atoms with E-state index < -0.39 is 11.2 Å². The molecule has 4 heteroatoms. The van der Waals surface area contributed by atoms with Crippen LogP contribution in [0.4, 0.5) is 4.79 Å². The Kier molecular flexibility index (Phi) is 3.31. The van der Waals surface area contributed by atoms with Crippen LogP contribution in [0.3, 0.4) is 0 Å². The Balaban J connectivity index is 1.36. The molecule has 2 aliphatic carbocycles. The Morgan fingerprint density at radius 2 is 1.92 bits per heavy atom. The number of rotatable bonds is 2. The average Bonchev–Trinajstić information content (AvgIpc) is 3.23. The molecule has 0 bridgehead atoms. The zero-order valence-corrected chi connectivity index (χ0v) is 14.8. The molecule has 2 saturated carbocycles. The lowest BCUT2D eigenvalue weighted by atomic mass is 9.53.